The van der Waals surface area contributed by atoms with Gasteiger partial charge < -0.3 is 5.32 Å². The van der Waals surface area contributed by atoms with Crippen LogP contribution in [-0.4, -0.2) is 15.8 Å². The van der Waals surface area contributed by atoms with E-state index in [4.69, 9.17) is 0 Å². The van der Waals surface area contributed by atoms with Crippen molar-refractivity contribution < 1.29 is 0 Å². The van der Waals surface area contributed by atoms with E-state index in [1.54, 1.807) is 0 Å². The van der Waals surface area contributed by atoms with E-state index in [0.717, 1.165) is 17.5 Å². The molecule has 3 unspecified atom stereocenters. The predicted molar refractivity (Wildman–Crippen MR) is 62.8 cm³/mol. The molecule has 0 bridgehead atoms. The summed E-state index contributed by atoms with van der Waals surface area (Å²) in [5.41, 5.74) is 1.16. The fourth-order valence-corrected chi connectivity index (χ4v) is 2.44. The van der Waals surface area contributed by atoms with Crippen LogP contribution in [0.1, 0.15) is 33.1 Å². The van der Waals surface area contributed by atoms with E-state index in [-0.39, 0.29) is 0 Å². The van der Waals surface area contributed by atoms with Gasteiger partial charge in [-0.3, -0.25) is 4.68 Å². The molecule has 84 valence electrons. The third-order valence-corrected chi connectivity index (χ3v) is 3.51. The van der Waals surface area contributed by atoms with E-state index in [1.807, 2.05) is 24.1 Å². The molecule has 0 saturated heterocycles. The van der Waals surface area contributed by atoms with Gasteiger partial charge in [-0.15, -0.1) is 0 Å². The second-order valence-electron chi connectivity index (χ2n) is 5.05. The quantitative estimate of drug-likeness (QED) is 0.808. The summed E-state index contributed by atoms with van der Waals surface area (Å²) in [5.74, 6) is 1.64. The van der Waals surface area contributed by atoms with E-state index < -0.39 is 0 Å². The molecule has 1 N–H and O–H groups in total. The zero-order chi connectivity index (χ0) is 10.8. The van der Waals surface area contributed by atoms with Crippen molar-refractivity contribution in [2.75, 3.05) is 5.32 Å². The van der Waals surface area contributed by atoms with Gasteiger partial charge in [0.05, 0.1) is 11.9 Å². The lowest BCUT2D eigenvalue weighted by Gasteiger charge is -2.33. The Balaban J connectivity index is 1.98. The molecule has 0 spiro atoms. The molecule has 1 heterocycles. The Morgan fingerprint density at radius 2 is 2.20 bits per heavy atom. The molecule has 1 aromatic heterocycles. The van der Waals surface area contributed by atoms with Crippen molar-refractivity contribution in [1.82, 2.24) is 9.78 Å². The van der Waals surface area contributed by atoms with Crippen molar-refractivity contribution in [3.63, 3.8) is 0 Å². The molecule has 1 aromatic rings. The van der Waals surface area contributed by atoms with Gasteiger partial charge in [-0.1, -0.05) is 20.3 Å². The fourth-order valence-electron chi connectivity index (χ4n) is 2.44. The number of rotatable bonds is 2. The number of nitrogens with one attached hydrogen (secondary N) is 1. The first kappa shape index (κ1) is 10.5. The first-order valence-electron chi connectivity index (χ1n) is 5.90. The van der Waals surface area contributed by atoms with Crippen LogP contribution in [0.2, 0.25) is 0 Å². The minimum absolute atomic E-state index is 0.623. The summed E-state index contributed by atoms with van der Waals surface area (Å²) in [6, 6.07) is 0.623. The normalized spacial score (nSPS) is 31.5. The van der Waals surface area contributed by atoms with Crippen LogP contribution in [0.15, 0.2) is 12.4 Å². The summed E-state index contributed by atoms with van der Waals surface area (Å²) in [7, 11) is 1.96. The van der Waals surface area contributed by atoms with Crippen LogP contribution in [-0.2, 0) is 7.05 Å². The van der Waals surface area contributed by atoms with Gasteiger partial charge in [-0.05, 0) is 24.7 Å². The Morgan fingerprint density at radius 3 is 2.87 bits per heavy atom. The van der Waals surface area contributed by atoms with Crippen molar-refractivity contribution in [2.24, 2.45) is 18.9 Å². The average Bonchev–Trinajstić information content (AvgIpc) is 2.58. The zero-order valence-corrected chi connectivity index (χ0v) is 9.90. The number of hydrogen-bond donors (Lipinski definition) is 1. The highest BCUT2D eigenvalue weighted by atomic mass is 15.3. The van der Waals surface area contributed by atoms with Crippen molar-refractivity contribution in [1.29, 1.82) is 0 Å². The third kappa shape index (κ3) is 2.52. The van der Waals surface area contributed by atoms with Crippen molar-refractivity contribution >= 4 is 5.69 Å². The lowest BCUT2D eigenvalue weighted by Crippen LogP contribution is -2.33. The molecule has 3 atom stereocenters. The highest BCUT2D eigenvalue weighted by Gasteiger charge is 2.25. The molecule has 1 fully saturated rings. The average molecular weight is 207 g/mol. The summed E-state index contributed by atoms with van der Waals surface area (Å²) in [6.45, 7) is 4.70. The number of aromatic nitrogens is 2. The van der Waals surface area contributed by atoms with E-state index in [1.165, 1.54) is 19.3 Å². The fraction of sp³-hybridized carbons (Fsp3) is 0.750. The molecule has 1 saturated carbocycles. The zero-order valence-electron chi connectivity index (χ0n) is 9.90. The lowest BCUT2D eigenvalue weighted by atomic mass is 9.80. The van der Waals surface area contributed by atoms with Crippen LogP contribution in [0.25, 0.3) is 0 Å². The molecule has 0 amide bonds. The molecule has 0 aliphatic heterocycles. The molecular weight excluding hydrogens is 186 g/mol. The second-order valence-corrected chi connectivity index (χ2v) is 5.05. The first-order valence-corrected chi connectivity index (χ1v) is 5.90. The molecule has 2 rings (SSSR count). The van der Waals surface area contributed by atoms with Crippen molar-refractivity contribution in [3.05, 3.63) is 12.4 Å². The first-order chi connectivity index (χ1) is 7.15. The number of aryl methyl sites for hydroxylation is 1. The second kappa shape index (κ2) is 4.25. The minimum Gasteiger partial charge on any atom is -0.379 e. The number of anilines is 1. The van der Waals surface area contributed by atoms with Crippen molar-refractivity contribution in [2.45, 2.75) is 39.2 Å². The molecule has 3 nitrogen and oxygen atoms in total. The van der Waals surface area contributed by atoms with Crippen LogP contribution in [0.5, 0.6) is 0 Å². The Hall–Kier alpha value is -0.990. The van der Waals surface area contributed by atoms with Crippen LogP contribution < -0.4 is 5.32 Å². The topological polar surface area (TPSA) is 29.9 Å². The monoisotopic (exact) mass is 207 g/mol. The van der Waals surface area contributed by atoms with Crippen molar-refractivity contribution in [3.8, 4) is 0 Å². The van der Waals surface area contributed by atoms with Gasteiger partial charge >= 0.3 is 0 Å². The maximum Gasteiger partial charge on any atom is 0.0728 e. The predicted octanol–water partition coefficient (Wildman–Crippen LogP) is 2.66. The smallest absolute Gasteiger partial charge is 0.0728 e. The molecular formula is C12H21N3. The Morgan fingerprint density at radius 1 is 1.40 bits per heavy atom. The standard InChI is InChI=1S/C12H21N3/c1-9-4-5-10(2)12(6-9)14-11-7-13-15(3)8-11/h7-10,12,14H,4-6H2,1-3H3. The molecule has 0 radical (unpaired) electrons. The minimum atomic E-state index is 0.623. The maximum atomic E-state index is 4.18. The third-order valence-electron chi connectivity index (χ3n) is 3.51. The highest BCUT2D eigenvalue weighted by Crippen LogP contribution is 2.30. The molecule has 1 aliphatic rings. The highest BCUT2D eigenvalue weighted by molar-refractivity contribution is 5.39. The van der Waals surface area contributed by atoms with Gasteiger partial charge in [-0.2, -0.15) is 5.10 Å². The van der Waals surface area contributed by atoms with Crippen LogP contribution in [0.4, 0.5) is 5.69 Å². The number of hydrogen-bond acceptors (Lipinski definition) is 2. The Bertz CT molecular complexity index is 318. The van der Waals surface area contributed by atoms with Gasteiger partial charge in [0.1, 0.15) is 0 Å². The summed E-state index contributed by atoms with van der Waals surface area (Å²) in [5, 5.41) is 7.78. The largest absolute Gasteiger partial charge is 0.379 e. The summed E-state index contributed by atoms with van der Waals surface area (Å²) in [6.07, 6.45) is 7.97. The van der Waals surface area contributed by atoms with Gasteiger partial charge in [0.2, 0.25) is 0 Å². The molecule has 15 heavy (non-hydrogen) atoms. The van der Waals surface area contributed by atoms with Gasteiger partial charge in [0, 0.05) is 19.3 Å². The van der Waals surface area contributed by atoms with Crippen LogP contribution in [0.3, 0.4) is 0 Å². The Kier molecular flexibility index (Phi) is 2.98. The lowest BCUT2D eigenvalue weighted by molar-refractivity contribution is 0.280. The van der Waals surface area contributed by atoms with Crippen LogP contribution >= 0.6 is 0 Å². The van der Waals surface area contributed by atoms with E-state index in [0.29, 0.717) is 6.04 Å². The van der Waals surface area contributed by atoms with Gasteiger partial charge in [0.25, 0.3) is 0 Å². The molecule has 0 aromatic carbocycles. The van der Waals surface area contributed by atoms with Gasteiger partial charge in [0.15, 0.2) is 0 Å². The number of nitrogens with zero attached hydrogens (tertiary/aromatic N) is 2. The maximum absolute atomic E-state index is 4.18. The molecule has 1 aliphatic carbocycles. The summed E-state index contributed by atoms with van der Waals surface area (Å²) < 4.78 is 1.85. The van der Waals surface area contributed by atoms with E-state index >= 15 is 0 Å². The summed E-state index contributed by atoms with van der Waals surface area (Å²) in [4.78, 5) is 0. The molecule has 3 heteroatoms. The Labute approximate surface area is 91.9 Å². The van der Waals surface area contributed by atoms with Gasteiger partial charge in [-0.25, -0.2) is 0 Å². The van der Waals surface area contributed by atoms with E-state index in [2.05, 4.69) is 24.3 Å². The van der Waals surface area contributed by atoms with E-state index in [9.17, 15) is 0 Å². The SMILES string of the molecule is CC1CCC(C)C(Nc2cnn(C)c2)C1. The summed E-state index contributed by atoms with van der Waals surface area (Å²) >= 11 is 0. The van der Waals surface area contributed by atoms with Crippen LogP contribution in [0, 0.1) is 11.8 Å².